The van der Waals surface area contributed by atoms with E-state index in [1.54, 1.807) is 0 Å². The van der Waals surface area contributed by atoms with E-state index in [4.69, 9.17) is 5.73 Å². The van der Waals surface area contributed by atoms with Gasteiger partial charge < -0.3 is 15.5 Å². The van der Waals surface area contributed by atoms with Crippen LogP contribution in [0.3, 0.4) is 0 Å². The summed E-state index contributed by atoms with van der Waals surface area (Å²) < 4.78 is 0. The molecule has 2 aliphatic heterocycles. The predicted octanol–water partition coefficient (Wildman–Crippen LogP) is 0.941. The Hall–Kier alpha value is -1.78. The Morgan fingerprint density at radius 1 is 1.28 bits per heavy atom. The molecule has 1 atom stereocenters. The highest BCUT2D eigenvalue weighted by Crippen LogP contribution is 2.33. The Kier molecular flexibility index (Phi) is 2.43. The molecule has 0 aliphatic carbocycles. The molecular weight excluding hydrogens is 226 g/mol. The molecule has 1 unspecified atom stereocenters. The zero-order valence-electron chi connectivity index (χ0n) is 11.1. The Balaban J connectivity index is 1.92. The second-order valence-electron chi connectivity index (χ2n) is 5.34. The quantitative estimate of drug-likeness (QED) is 0.798. The highest BCUT2D eigenvalue weighted by atomic mass is 15.3. The van der Waals surface area contributed by atoms with E-state index in [9.17, 15) is 0 Å². The summed E-state index contributed by atoms with van der Waals surface area (Å²) in [6.07, 6.45) is 2.26. The molecule has 3 rings (SSSR count). The molecule has 5 heteroatoms. The molecule has 0 amide bonds. The topological polar surface area (TPSA) is 58.3 Å². The second-order valence-corrected chi connectivity index (χ2v) is 5.34. The largest absolute Gasteiger partial charge is 0.380 e. The second kappa shape index (κ2) is 3.86. The summed E-state index contributed by atoms with van der Waals surface area (Å²) in [6, 6.07) is 0. The minimum Gasteiger partial charge on any atom is -0.380 e. The SMILES string of the molecule is Cc1nc(N)nc(N2CC3=CN(C)CC3C2)c1C. The normalized spacial score (nSPS) is 22.4. The van der Waals surface area contributed by atoms with Gasteiger partial charge in [-0.15, -0.1) is 0 Å². The van der Waals surface area contributed by atoms with Gasteiger partial charge in [-0.3, -0.25) is 0 Å². The molecule has 1 saturated heterocycles. The van der Waals surface area contributed by atoms with Crippen molar-refractivity contribution in [2.75, 3.05) is 37.3 Å². The fraction of sp³-hybridized carbons (Fsp3) is 0.538. The third-order valence-electron chi connectivity index (χ3n) is 3.91. The minimum absolute atomic E-state index is 0.372. The van der Waals surface area contributed by atoms with Crippen molar-refractivity contribution in [1.29, 1.82) is 0 Å². The van der Waals surface area contributed by atoms with Crippen LogP contribution in [0.15, 0.2) is 11.8 Å². The third-order valence-corrected chi connectivity index (χ3v) is 3.91. The fourth-order valence-corrected chi connectivity index (χ4v) is 2.91. The Morgan fingerprint density at radius 2 is 2.06 bits per heavy atom. The zero-order valence-corrected chi connectivity index (χ0v) is 11.1. The van der Waals surface area contributed by atoms with E-state index in [-0.39, 0.29) is 0 Å². The summed E-state index contributed by atoms with van der Waals surface area (Å²) in [4.78, 5) is 13.2. The van der Waals surface area contributed by atoms with Crippen LogP contribution in [-0.2, 0) is 0 Å². The summed E-state index contributed by atoms with van der Waals surface area (Å²) in [5.41, 5.74) is 9.38. The maximum absolute atomic E-state index is 5.76. The molecule has 1 fully saturated rings. The lowest BCUT2D eigenvalue weighted by molar-refractivity contribution is 0.442. The van der Waals surface area contributed by atoms with Crippen LogP contribution in [-0.4, -0.2) is 41.5 Å². The fourth-order valence-electron chi connectivity index (χ4n) is 2.91. The molecule has 1 aromatic rings. The van der Waals surface area contributed by atoms with Crippen molar-refractivity contribution in [3.63, 3.8) is 0 Å². The summed E-state index contributed by atoms with van der Waals surface area (Å²) in [7, 11) is 2.13. The third kappa shape index (κ3) is 1.70. The minimum atomic E-state index is 0.372. The Bertz CT molecular complexity index is 522. The maximum Gasteiger partial charge on any atom is 0.222 e. The van der Waals surface area contributed by atoms with Crippen LogP contribution in [0, 0.1) is 19.8 Å². The smallest absolute Gasteiger partial charge is 0.222 e. The van der Waals surface area contributed by atoms with E-state index in [2.05, 4.69) is 39.9 Å². The average Bonchev–Trinajstić information content (AvgIpc) is 2.80. The number of hydrogen-bond acceptors (Lipinski definition) is 5. The van der Waals surface area contributed by atoms with Crippen molar-refractivity contribution in [2.24, 2.45) is 5.92 Å². The zero-order chi connectivity index (χ0) is 12.9. The lowest BCUT2D eigenvalue weighted by Crippen LogP contribution is -2.26. The Morgan fingerprint density at radius 3 is 2.78 bits per heavy atom. The summed E-state index contributed by atoms with van der Waals surface area (Å²) in [5, 5.41) is 0. The van der Waals surface area contributed by atoms with Crippen molar-refractivity contribution < 1.29 is 0 Å². The first-order chi connectivity index (χ1) is 8.54. The monoisotopic (exact) mass is 245 g/mol. The van der Waals surface area contributed by atoms with Crippen LogP contribution in [0.4, 0.5) is 11.8 Å². The molecule has 2 N–H and O–H groups in total. The molecule has 2 aliphatic rings. The first-order valence-electron chi connectivity index (χ1n) is 6.31. The number of nitrogens with zero attached hydrogens (tertiary/aromatic N) is 4. The number of nitrogens with two attached hydrogens (primary N) is 1. The number of fused-ring (bicyclic) bond motifs is 1. The molecule has 5 nitrogen and oxygen atoms in total. The number of aromatic nitrogens is 2. The van der Waals surface area contributed by atoms with Crippen LogP contribution in [0.1, 0.15) is 11.3 Å². The standard InChI is InChI=1S/C13H19N5/c1-8-9(2)15-13(14)16-12(8)18-6-10-4-17(3)5-11(10)7-18/h4,11H,5-7H2,1-3H3,(H2,14,15,16). The van der Waals surface area contributed by atoms with Gasteiger partial charge in [0, 0.05) is 50.1 Å². The Labute approximate surface area is 107 Å². The molecule has 0 bridgehead atoms. The average molecular weight is 245 g/mol. The van der Waals surface area contributed by atoms with Crippen LogP contribution in [0.5, 0.6) is 0 Å². The van der Waals surface area contributed by atoms with Crippen molar-refractivity contribution in [3.8, 4) is 0 Å². The lowest BCUT2D eigenvalue weighted by Gasteiger charge is -2.21. The van der Waals surface area contributed by atoms with E-state index in [1.807, 2.05) is 6.92 Å². The molecule has 0 saturated carbocycles. The number of nitrogen functional groups attached to an aromatic ring is 1. The van der Waals surface area contributed by atoms with Gasteiger partial charge in [-0.1, -0.05) is 0 Å². The molecule has 0 radical (unpaired) electrons. The van der Waals surface area contributed by atoms with Crippen LogP contribution >= 0.6 is 0 Å². The van der Waals surface area contributed by atoms with Crippen molar-refractivity contribution in [3.05, 3.63) is 23.0 Å². The van der Waals surface area contributed by atoms with Gasteiger partial charge in [-0.25, -0.2) is 4.98 Å². The van der Waals surface area contributed by atoms with Gasteiger partial charge in [-0.05, 0) is 19.4 Å². The van der Waals surface area contributed by atoms with Crippen LogP contribution < -0.4 is 10.6 Å². The van der Waals surface area contributed by atoms with E-state index in [0.717, 1.165) is 36.7 Å². The van der Waals surface area contributed by atoms with E-state index >= 15 is 0 Å². The van der Waals surface area contributed by atoms with E-state index in [0.29, 0.717) is 11.9 Å². The molecule has 3 heterocycles. The number of aryl methyl sites for hydroxylation is 1. The van der Waals surface area contributed by atoms with Crippen LogP contribution in [0.25, 0.3) is 0 Å². The van der Waals surface area contributed by atoms with Gasteiger partial charge in [0.05, 0.1) is 0 Å². The predicted molar refractivity (Wildman–Crippen MR) is 72.3 cm³/mol. The summed E-state index contributed by atoms with van der Waals surface area (Å²) in [5.74, 6) is 2.01. The van der Waals surface area contributed by atoms with E-state index < -0.39 is 0 Å². The number of anilines is 2. The van der Waals surface area contributed by atoms with Gasteiger partial charge in [0.25, 0.3) is 0 Å². The van der Waals surface area contributed by atoms with Gasteiger partial charge >= 0.3 is 0 Å². The van der Waals surface area contributed by atoms with Crippen molar-refractivity contribution in [2.45, 2.75) is 13.8 Å². The van der Waals surface area contributed by atoms with Crippen molar-refractivity contribution in [1.82, 2.24) is 14.9 Å². The first-order valence-corrected chi connectivity index (χ1v) is 6.31. The van der Waals surface area contributed by atoms with Crippen molar-refractivity contribution >= 4 is 11.8 Å². The van der Waals surface area contributed by atoms with Gasteiger partial charge in [0.2, 0.25) is 5.95 Å². The first kappa shape index (κ1) is 11.3. The molecule has 0 aromatic carbocycles. The van der Waals surface area contributed by atoms with E-state index in [1.165, 1.54) is 5.57 Å². The van der Waals surface area contributed by atoms with Gasteiger partial charge in [0.15, 0.2) is 0 Å². The van der Waals surface area contributed by atoms with Gasteiger partial charge in [0.1, 0.15) is 5.82 Å². The number of hydrogen-bond donors (Lipinski definition) is 1. The van der Waals surface area contributed by atoms with Gasteiger partial charge in [-0.2, -0.15) is 4.98 Å². The highest BCUT2D eigenvalue weighted by Gasteiger charge is 2.33. The molecule has 1 aromatic heterocycles. The molecule has 18 heavy (non-hydrogen) atoms. The molecule has 0 spiro atoms. The molecular formula is C13H19N5. The lowest BCUT2D eigenvalue weighted by atomic mass is 10.1. The molecule has 96 valence electrons. The summed E-state index contributed by atoms with van der Waals surface area (Å²) >= 11 is 0. The highest BCUT2D eigenvalue weighted by molar-refractivity contribution is 5.54. The number of rotatable bonds is 1. The van der Waals surface area contributed by atoms with Crippen LogP contribution in [0.2, 0.25) is 0 Å². The maximum atomic E-state index is 5.76. The summed E-state index contributed by atoms with van der Waals surface area (Å²) in [6.45, 7) is 7.17.